The van der Waals surface area contributed by atoms with Crippen LogP contribution in [0.1, 0.15) is 88.8 Å². The molecular formula is C23H36O3S. The third-order valence-electron chi connectivity index (χ3n) is 7.06. The van der Waals surface area contributed by atoms with E-state index in [1.54, 1.807) is 16.9 Å². The Labute approximate surface area is 168 Å². The fraction of sp³-hybridized carbons (Fsp3) is 0.739. The third-order valence-corrected chi connectivity index (χ3v) is 8.23. The average Bonchev–Trinajstić information content (AvgIpc) is 3.12. The summed E-state index contributed by atoms with van der Waals surface area (Å²) in [4.78, 5) is 1.84. The second-order valence-corrected chi connectivity index (χ2v) is 10.8. The minimum atomic E-state index is -0.562. The highest BCUT2D eigenvalue weighted by molar-refractivity contribution is 7.13. The van der Waals surface area contributed by atoms with Crippen molar-refractivity contribution in [2.24, 2.45) is 17.3 Å². The van der Waals surface area contributed by atoms with E-state index >= 15 is 0 Å². The number of aromatic hydroxyl groups is 1. The van der Waals surface area contributed by atoms with Crippen molar-refractivity contribution in [2.75, 3.05) is 0 Å². The molecule has 0 saturated heterocycles. The lowest BCUT2D eigenvalue weighted by Gasteiger charge is -2.41. The maximum absolute atomic E-state index is 10.1. The molecule has 0 bridgehead atoms. The van der Waals surface area contributed by atoms with E-state index in [-0.39, 0.29) is 17.8 Å². The number of thiophene rings is 1. The summed E-state index contributed by atoms with van der Waals surface area (Å²) in [6.45, 7) is 8.58. The molecule has 0 spiro atoms. The second kappa shape index (κ2) is 7.88. The van der Waals surface area contributed by atoms with Crippen LogP contribution in [0.3, 0.4) is 0 Å². The maximum Gasteiger partial charge on any atom is 0.132 e. The lowest BCUT2D eigenvalue weighted by atomic mass is 9.64. The van der Waals surface area contributed by atoms with Crippen molar-refractivity contribution in [3.8, 4) is 5.75 Å². The number of aliphatic hydroxyl groups excluding tert-OH is 1. The van der Waals surface area contributed by atoms with Crippen LogP contribution in [0.4, 0.5) is 0 Å². The van der Waals surface area contributed by atoms with Crippen LogP contribution in [0.5, 0.6) is 5.75 Å². The van der Waals surface area contributed by atoms with Gasteiger partial charge in [0.05, 0.1) is 17.1 Å². The van der Waals surface area contributed by atoms with Crippen LogP contribution in [0.25, 0.3) is 5.57 Å². The number of hydrogen-bond acceptors (Lipinski definition) is 4. The molecule has 0 aliphatic heterocycles. The van der Waals surface area contributed by atoms with Gasteiger partial charge in [-0.3, -0.25) is 0 Å². The van der Waals surface area contributed by atoms with Crippen molar-refractivity contribution in [1.29, 1.82) is 0 Å². The lowest BCUT2D eigenvalue weighted by molar-refractivity contribution is 0.0641. The van der Waals surface area contributed by atoms with E-state index in [0.717, 1.165) is 24.1 Å². The highest BCUT2D eigenvalue weighted by Gasteiger charge is 2.47. The molecule has 4 heteroatoms. The van der Waals surface area contributed by atoms with Gasteiger partial charge in [-0.25, -0.2) is 0 Å². The van der Waals surface area contributed by atoms with E-state index < -0.39 is 5.60 Å². The predicted molar refractivity (Wildman–Crippen MR) is 113 cm³/mol. The Kier molecular flexibility index (Phi) is 6.10. The van der Waals surface area contributed by atoms with Crippen molar-refractivity contribution in [1.82, 2.24) is 0 Å². The number of fused-ring (bicyclic) bond motifs is 1. The highest BCUT2D eigenvalue weighted by Crippen LogP contribution is 2.59. The molecule has 3 rings (SSSR count). The Morgan fingerprint density at radius 1 is 1.33 bits per heavy atom. The smallest absolute Gasteiger partial charge is 0.132 e. The molecule has 3 nitrogen and oxygen atoms in total. The molecule has 2 aliphatic rings. The van der Waals surface area contributed by atoms with Gasteiger partial charge in [-0.2, -0.15) is 0 Å². The zero-order valence-electron chi connectivity index (χ0n) is 17.3. The first-order valence-corrected chi connectivity index (χ1v) is 11.3. The van der Waals surface area contributed by atoms with Gasteiger partial charge < -0.3 is 15.3 Å². The molecule has 1 heterocycles. The number of hydrogen-bond donors (Lipinski definition) is 3. The third kappa shape index (κ3) is 4.28. The van der Waals surface area contributed by atoms with E-state index in [2.05, 4.69) is 13.8 Å². The Bertz CT molecular complexity index is 697. The molecule has 27 heavy (non-hydrogen) atoms. The summed E-state index contributed by atoms with van der Waals surface area (Å²) >= 11 is 1.55. The first-order chi connectivity index (χ1) is 12.7. The quantitative estimate of drug-likeness (QED) is 0.543. The van der Waals surface area contributed by atoms with Crippen molar-refractivity contribution >= 4 is 16.9 Å². The molecule has 152 valence electrons. The van der Waals surface area contributed by atoms with E-state index in [1.165, 1.54) is 37.7 Å². The van der Waals surface area contributed by atoms with Gasteiger partial charge in [0.1, 0.15) is 5.75 Å². The summed E-state index contributed by atoms with van der Waals surface area (Å²) in [5.74, 6) is 1.61. The van der Waals surface area contributed by atoms with E-state index in [4.69, 9.17) is 0 Å². The summed E-state index contributed by atoms with van der Waals surface area (Å²) in [5, 5.41) is 29.5. The van der Waals surface area contributed by atoms with Crippen LogP contribution in [0, 0.1) is 17.3 Å². The van der Waals surface area contributed by atoms with Crippen LogP contribution < -0.4 is 0 Å². The zero-order valence-corrected chi connectivity index (χ0v) is 18.2. The van der Waals surface area contributed by atoms with Gasteiger partial charge in [0.25, 0.3) is 0 Å². The minimum absolute atomic E-state index is 0.0861. The molecule has 0 aromatic carbocycles. The van der Waals surface area contributed by atoms with Gasteiger partial charge in [-0.15, -0.1) is 11.3 Å². The van der Waals surface area contributed by atoms with Crippen molar-refractivity contribution in [3.63, 3.8) is 0 Å². The zero-order chi connectivity index (χ0) is 19.8. The second-order valence-electron chi connectivity index (χ2n) is 9.63. The molecule has 1 aromatic heterocycles. The average molecular weight is 393 g/mol. The summed E-state index contributed by atoms with van der Waals surface area (Å²) in [6, 6.07) is 1.87. The van der Waals surface area contributed by atoms with Crippen molar-refractivity contribution < 1.29 is 15.3 Å². The minimum Gasteiger partial charge on any atom is -0.507 e. The molecule has 0 unspecified atom stereocenters. The van der Waals surface area contributed by atoms with Gasteiger partial charge in [-0.1, -0.05) is 32.3 Å². The fourth-order valence-electron chi connectivity index (χ4n) is 5.67. The first-order valence-electron chi connectivity index (χ1n) is 10.5. The summed E-state index contributed by atoms with van der Waals surface area (Å²) in [7, 11) is 0. The van der Waals surface area contributed by atoms with Gasteiger partial charge >= 0.3 is 0 Å². The standard InChI is InChI=1S/C23H36O3S/c1-15(7-5-11-22(2,3)26)17-9-10-18-16(8-6-12-23(17,18)4)20-13-19(25)21(14-24)27-20/h13,15,17,24-26H,5-12,14H2,1-4H3/t15-,17-,23-/m1/s1. The van der Waals surface area contributed by atoms with Crippen molar-refractivity contribution in [2.45, 2.75) is 91.3 Å². The SMILES string of the molecule is C[C@H](CCCC(C)(C)O)[C@H]1CCC2=C(c3cc(O)c(CO)s3)CCC[C@@]21C. The normalized spacial score (nSPS) is 27.1. The molecule has 1 fully saturated rings. The predicted octanol–water partition coefficient (Wildman–Crippen LogP) is 5.88. The summed E-state index contributed by atoms with van der Waals surface area (Å²) < 4.78 is 0. The Morgan fingerprint density at radius 3 is 2.70 bits per heavy atom. The Balaban J connectivity index is 1.80. The van der Waals surface area contributed by atoms with Gasteiger partial charge in [0, 0.05) is 4.88 Å². The van der Waals surface area contributed by atoms with Crippen LogP contribution in [0.15, 0.2) is 11.6 Å². The van der Waals surface area contributed by atoms with Gasteiger partial charge in [0.15, 0.2) is 0 Å². The molecule has 3 atom stereocenters. The first kappa shape index (κ1) is 20.9. The van der Waals surface area contributed by atoms with Crippen LogP contribution >= 0.6 is 11.3 Å². The lowest BCUT2D eigenvalue weighted by Crippen LogP contribution is -2.31. The molecule has 1 saturated carbocycles. The molecule has 2 aliphatic carbocycles. The van der Waals surface area contributed by atoms with Crippen LogP contribution in [-0.4, -0.2) is 20.9 Å². The van der Waals surface area contributed by atoms with Crippen molar-refractivity contribution in [3.05, 3.63) is 21.4 Å². The number of aliphatic hydroxyl groups is 2. The maximum atomic E-state index is 10.1. The molecule has 3 N–H and O–H groups in total. The monoisotopic (exact) mass is 392 g/mol. The number of rotatable bonds is 7. The molecule has 1 aromatic rings. The van der Waals surface area contributed by atoms with Crippen LogP contribution in [-0.2, 0) is 6.61 Å². The number of allylic oxidation sites excluding steroid dienone is 2. The fourth-order valence-corrected chi connectivity index (χ4v) is 6.68. The summed E-state index contributed by atoms with van der Waals surface area (Å²) in [5.41, 5.74) is 2.75. The highest BCUT2D eigenvalue weighted by atomic mass is 32.1. The molecule has 0 radical (unpaired) electrons. The Morgan fingerprint density at radius 2 is 2.07 bits per heavy atom. The van der Waals surface area contributed by atoms with Gasteiger partial charge in [0.2, 0.25) is 0 Å². The van der Waals surface area contributed by atoms with E-state index in [9.17, 15) is 15.3 Å². The summed E-state index contributed by atoms with van der Waals surface area (Å²) in [6.07, 6.45) is 9.11. The van der Waals surface area contributed by atoms with E-state index in [1.807, 2.05) is 19.9 Å². The molecular weight excluding hydrogens is 356 g/mol. The largest absolute Gasteiger partial charge is 0.507 e. The molecule has 0 amide bonds. The van der Waals surface area contributed by atoms with Crippen LogP contribution in [0.2, 0.25) is 0 Å². The Hall–Kier alpha value is -0.840. The van der Waals surface area contributed by atoms with E-state index in [0.29, 0.717) is 16.7 Å². The topological polar surface area (TPSA) is 60.7 Å². The van der Waals surface area contributed by atoms with Gasteiger partial charge in [-0.05, 0) is 81.3 Å².